The summed E-state index contributed by atoms with van der Waals surface area (Å²) in [4.78, 5) is 13.9. The topological polar surface area (TPSA) is 44.4 Å². The van der Waals surface area contributed by atoms with Crippen molar-refractivity contribution in [3.05, 3.63) is 59.2 Å². The van der Waals surface area contributed by atoms with Gasteiger partial charge in [-0.3, -0.25) is 4.79 Å². The zero-order valence-electron chi connectivity index (χ0n) is 17.9. The average molecular weight is 462 g/mol. The van der Waals surface area contributed by atoms with Crippen LogP contribution < -0.4 is 15.5 Å². The van der Waals surface area contributed by atoms with Gasteiger partial charge in [-0.2, -0.15) is 13.2 Å². The number of carbonyl (C=O) groups is 1. The van der Waals surface area contributed by atoms with Crippen molar-refractivity contribution in [2.45, 2.75) is 57.2 Å². The fourth-order valence-electron chi connectivity index (χ4n) is 4.78. The Bertz CT molecular complexity index is 1030. The van der Waals surface area contributed by atoms with Crippen LogP contribution in [0.15, 0.2) is 42.5 Å². The van der Waals surface area contributed by atoms with Crippen LogP contribution in [0.5, 0.6) is 0 Å². The molecule has 4 nitrogen and oxygen atoms in total. The van der Waals surface area contributed by atoms with Crippen LogP contribution in [0, 0.1) is 6.92 Å². The number of amides is 1. The van der Waals surface area contributed by atoms with E-state index in [9.17, 15) is 18.0 Å². The van der Waals surface area contributed by atoms with Gasteiger partial charge in [-0.25, -0.2) is 0 Å². The van der Waals surface area contributed by atoms with Crippen molar-refractivity contribution in [2.75, 3.05) is 16.8 Å². The number of halogens is 3. The lowest BCUT2D eigenvalue weighted by molar-refractivity contribution is -0.137. The van der Waals surface area contributed by atoms with Crippen molar-refractivity contribution in [2.24, 2.45) is 0 Å². The number of hydrogen-bond acceptors (Lipinski definition) is 2. The van der Waals surface area contributed by atoms with E-state index in [1.807, 2.05) is 25.1 Å². The van der Waals surface area contributed by atoms with Gasteiger partial charge < -0.3 is 15.5 Å². The van der Waals surface area contributed by atoms with E-state index >= 15 is 0 Å². The summed E-state index contributed by atoms with van der Waals surface area (Å²) >= 11 is 5.54. The Morgan fingerprint density at radius 3 is 2.47 bits per heavy atom. The Morgan fingerprint density at radius 2 is 1.84 bits per heavy atom. The largest absolute Gasteiger partial charge is 0.416 e. The first-order valence-corrected chi connectivity index (χ1v) is 11.3. The van der Waals surface area contributed by atoms with Crippen LogP contribution in [0.4, 0.5) is 24.5 Å². The van der Waals surface area contributed by atoms with Crippen LogP contribution >= 0.6 is 12.2 Å². The minimum absolute atomic E-state index is 0.134. The zero-order chi connectivity index (χ0) is 22.9. The second-order valence-corrected chi connectivity index (χ2v) is 9.01. The lowest BCUT2D eigenvalue weighted by atomic mass is 9.87. The molecule has 1 saturated heterocycles. The Morgan fingerprint density at radius 1 is 1.09 bits per heavy atom. The Labute approximate surface area is 191 Å². The number of benzene rings is 2. The van der Waals surface area contributed by atoms with E-state index in [0.717, 1.165) is 48.8 Å². The maximum atomic E-state index is 13.3. The number of hydrogen-bond donors (Lipinski definition) is 2. The van der Waals surface area contributed by atoms with Crippen molar-refractivity contribution in [1.29, 1.82) is 0 Å². The van der Waals surface area contributed by atoms with Gasteiger partial charge in [0.15, 0.2) is 5.11 Å². The maximum absolute atomic E-state index is 13.3. The van der Waals surface area contributed by atoms with Gasteiger partial charge in [0.05, 0.1) is 11.1 Å². The second-order valence-electron chi connectivity index (χ2n) is 8.60. The SMILES string of the molecule is Cc1cc(NC(=S)NC2(c3cccc(C(F)(F)F)c3)CCCC2)ccc1N1CCCC1=O. The summed E-state index contributed by atoms with van der Waals surface area (Å²) in [5.74, 6) is 0.134. The molecule has 0 aromatic heterocycles. The number of thiocarbonyl (C=S) groups is 1. The summed E-state index contributed by atoms with van der Waals surface area (Å²) < 4.78 is 39.8. The number of nitrogens with zero attached hydrogens (tertiary/aromatic N) is 1. The normalized spacial score (nSPS) is 18.1. The Kier molecular flexibility index (Phi) is 6.16. The third-order valence-corrected chi connectivity index (χ3v) is 6.58. The van der Waals surface area contributed by atoms with Crippen LogP contribution in [-0.2, 0) is 16.5 Å². The van der Waals surface area contributed by atoms with E-state index in [-0.39, 0.29) is 5.91 Å². The summed E-state index contributed by atoms with van der Waals surface area (Å²) in [6.45, 7) is 2.68. The number of rotatable bonds is 4. The van der Waals surface area contributed by atoms with Crippen LogP contribution in [0.3, 0.4) is 0 Å². The summed E-state index contributed by atoms with van der Waals surface area (Å²) in [5, 5.41) is 6.86. The fourth-order valence-corrected chi connectivity index (χ4v) is 5.09. The second kappa shape index (κ2) is 8.73. The van der Waals surface area contributed by atoms with Gasteiger partial charge >= 0.3 is 6.18 Å². The quantitative estimate of drug-likeness (QED) is 0.557. The van der Waals surface area contributed by atoms with Crippen molar-refractivity contribution in [3.8, 4) is 0 Å². The maximum Gasteiger partial charge on any atom is 0.416 e. The van der Waals surface area contributed by atoms with Crippen molar-refractivity contribution < 1.29 is 18.0 Å². The lowest BCUT2D eigenvalue weighted by Gasteiger charge is -2.33. The molecule has 1 saturated carbocycles. The van der Waals surface area contributed by atoms with Crippen molar-refractivity contribution >= 4 is 34.6 Å². The Balaban J connectivity index is 1.51. The van der Waals surface area contributed by atoms with Gasteiger partial charge in [-0.15, -0.1) is 0 Å². The predicted molar refractivity (Wildman–Crippen MR) is 124 cm³/mol. The summed E-state index contributed by atoms with van der Waals surface area (Å²) in [5.41, 5.74) is 1.96. The highest BCUT2D eigenvalue weighted by atomic mass is 32.1. The number of anilines is 2. The molecule has 170 valence electrons. The van der Waals surface area contributed by atoms with Crippen LogP contribution in [0.1, 0.15) is 55.2 Å². The minimum Gasteiger partial charge on any atom is -0.353 e. The molecule has 0 unspecified atom stereocenters. The van der Waals surface area contributed by atoms with Gasteiger partial charge in [0.2, 0.25) is 5.91 Å². The van der Waals surface area contributed by atoms with E-state index in [2.05, 4.69) is 10.6 Å². The van der Waals surface area contributed by atoms with E-state index < -0.39 is 17.3 Å². The first-order chi connectivity index (χ1) is 15.2. The molecule has 2 N–H and O–H groups in total. The molecule has 0 radical (unpaired) electrons. The molecule has 0 atom stereocenters. The first kappa shape index (κ1) is 22.6. The third kappa shape index (κ3) is 4.60. The zero-order valence-corrected chi connectivity index (χ0v) is 18.7. The number of nitrogens with one attached hydrogen (secondary N) is 2. The molecule has 0 bridgehead atoms. The molecule has 1 aliphatic heterocycles. The van der Waals surface area contributed by atoms with Gasteiger partial charge in [0.1, 0.15) is 0 Å². The molecule has 1 heterocycles. The van der Waals surface area contributed by atoms with E-state index in [1.165, 1.54) is 12.1 Å². The fraction of sp³-hybridized carbons (Fsp3) is 0.417. The lowest BCUT2D eigenvalue weighted by Crippen LogP contribution is -2.45. The molecule has 2 aliphatic rings. The minimum atomic E-state index is -4.38. The van der Waals surface area contributed by atoms with Crippen LogP contribution in [-0.4, -0.2) is 17.6 Å². The Hall–Kier alpha value is -2.61. The molecule has 4 rings (SSSR count). The standard InChI is InChI=1S/C24H26F3N3OS/c1-16-14-19(9-10-20(16)30-13-5-8-21(30)31)28-22(32)29-23(11-2-3-12-23)17-6-4-7-18(15-17)24(25,26)27/h4,6-7,9-10,14-15H,2-3,5,8,11-13H2,1H3,(H2,28,29,32). The molecule has 0 spiro atoms. The molecule has 2 aromatic carbocycles. The highest BCUT2D eigenvalue weighted by Gasteiger charge is 2.38. The van der Waals surface area contributed by atoms with Crippen LogP contribution in [0.2, 0.25) is 0 Å². The molecule has 32 heavy (non-hydrogen) atoms. The van der Waals surface area contributed by atoms with Gasteiger partial charge in [-0.05, 0) is 79.9 Å². The first-order valence-electron chi connectivity index (χ1n) is 10.9. The van der Waals surface area contributed by atoms with Gasteiger partial charge in [0.25, 0.3) is 0 Å². The van der Waals surface area contributed by atoms with Crippen molar-refractivity contribution in [1.82, 2.24) is 5.32 Å². The molecule has 2 aromatic rings. The number of carbonyl (C=O) groups excluding carboxylic acids is 1. The number of alkyl halides is 3. The summed E-state index contributed by atoms with van der Waals surface area (Å²) in [7, 11) is 0. The van der Waals surface area contributed by atoms with E-state index in [4.69, 9.17) is 12.2 Å². The van der Waals surface area contributed by atoms with Gasteiger partial charge in [0, 0.05) is 24.3 Å². The molecule has 1 amide bonds. The molecular weight excluding hydrogens is 435 g/mol. The van der Waals surface area contributed by atoms with Crippen LogP contribution in [0.25, 0.3) is 0 Å². The summed E-state index contributed by atoms with van der Waals surface area (Å²) in [6, 6.07) is 11.2. The number of aryl methyl sites for hydroxylation is 1. The molecule has 8 heteroatoms. The van der Waals surface area contributed by atoms with E-state index in [0.29, 0.717) is 29.9 Å². The summed E-state index contributed by atoms with van der Waals surface area (Å²) in [6.07, 6.45) is 0.322. The molecule has 2 fully saturated rings. The monoisotopic (exact) mass is 461 g/mol. The molecule has 1 aliphatic carbocycles. The molecular formula is C24H26F3N3OS. The van der Waals surface area contributed by atoms with Gasteiger partial charge in [-0.1, -0.05) is 25.0 Å². The smallest absolute Gasteiger partial charge is 0.353 e. The van der Waals surface area contributed by atoms with E-state index in [1.54, 1.807) is 11.0 Å². The highest BCUT2D eigenvalue weighted by Crippen LogP contribution is 2.41. The van der Waals surface area contributed by atoms with Crippen molar-refractivity contribution in [3.63, 3.8) is 0 Å². The average Bonchev–Trinajstić information content (AvgIpc) is 3.37. The third-order valence-electron chi connectivity index (χ3n) is 6.37. The predicted octanol–water partition coefficient (Wildman–Crippen LogP) is 5.90. The highest BCUT2D eigenvalue weighted by molar-refractivity contribution is 7.80.